The van der Waals surface area contributed by atoms with Gasteiger partial charge in [-0.25, -0.2) is 9.59 Å². The van der Waals surface area contributed by atoms with Crippen molar-refractivity contribution in [2.24, 2.45) is 0 Å². The highest BCUT2D eigenvalue weighted by Gasteiger charge is 2.16. The highest BCUT2D eigenvalue weighted by atomic mass is 35.5. The molecule has 0 atom stereocenters. The first kappa shape index (κ1) is 22.7. The van der Waals surface area contributed by atoms with Crippen LogP contribution in [0.25, 0.3) is 21.9 Å². The first-order valence-corrected chi connectivity index (χ1v) is 11.0. The maximum absolute atomic E-state index is 12.9. The average molecular weight is 509 g/mol. The minimum atomic E-state index is -0.688. The Balaban J connectivity index is 1.42. The molecule has 5 aromatic rings. The number of hydrogen-bond acceptors (Lipinski definition) is 7. The molecule has 2 aromatic heterocycles. The molecule has 0 bridgehead atoms. The van der Waals surface area contributed by atoms with Crippen LogP contribution in [-0.4, -0.2) is 5.97 Å². The summed E-state index contributed by atoms with van der Waals surface area (Å²) in [7, 11) is 0. The lowest BCUT2D eigenvalue weighted by molar-refractivity contribution is 0.0735. The van der Waals surface area contributed by atoms with Gasteiger partial charge in [0.2, 0.25) is 11.2 Å². The highest BCUT2D eigenvalue weighted by molar-refractivity contribution is 6.36. The largest absolute Gasteiger partial charge is 0.460 e. The Hall–Kier alpha value is -4.07. The van der Waals surface area contributed by atoms with Gasteiger partial charge in [-0.1, -0.05) is 23.2 Å². The molecular formula is C26H14Cl2O7. The number of ether oxygens (including phenoxy) is 2. The van der Waals surface area contributed by atoms with Crippen LogP contribution in [0.5, 0.6) is 17.2 Å². The Kier molecular flexibility index (Phi) is 5.80. The summed E-state index contributed by atoms with van der Waals surface area (Å²) in [5, 5.41) is 1.51. The van der Waals surface area contributed by atoms with Gasteiger partial charge >= 0.3 is 11.6 Å². The fourth-order valence-electron chi connectivity index (χ4n) is 3.54. The van der Waals surface area contributed by atoms with Crippen LogP contribution in [-0.2, 0) is 0 Å². The van der Waals surface area contributed by atoms with Crippen molar-refractivity contribution in [2.75, 3.05) is 0 Å². The fraction of sp³-hybridized carbons (Fsp3) is 0.0385. The maximum atomic E-state index is 12.9. The van der Waals surface area contributed by atoms with Gasteiger partial charge in [0.15, 0.2) is 0 Å². The molecule has 0 N–H and O–H groups in total. The van der Waals surface area contributed by atoms with E-state index in [1.165, 1.54) is 48.5 Å². The second-order valence-electron chi connectivity index (χ2n) is 7.61. The fourth-order valence-corrected chi connectivity index (χ4v) is 4.02. The molecule has 0 saturated carbocycles. The monoisotopic (exact) mass is 508 g/mol. The van der Waals surface area contributed by atoms with Gasteiger partial charge in [-0.15, -0.1) is 0 Å². The molecule has 35 heavy (non-hydrogen) atoms. The van der Waals surface area contributed by atoms with Crippen LogP contribution in [0.4, 0.5) is 0 Å². The van der Waals surface area contributed by atoms with E-state index in [0.29, 0.717) is 16.4 Å². The molecule has 0 spiro atoms. The number of carbonyl (C=O) groups excluding carboxylic acids is 1. The van der Waals surface area contributed by atoms with Crippen molar-refractivity contribution < 1.29 is 23.1 Å². The summed E-state index contributed by atoms with van der Waals surface area (Å²) < 4.78 is 21.8. The Bertz CT molecular complexity index is 1750. The van der Waals surface area contributed by atoms with Gasteiger partial charge in [0.05, 0.1) is 16.0 Å². The number of aryl methyl sites for hydroxylation is 1. The van der Waals surface area contributed by atoms with E-state index in [2.05, 4.69) is 0 Å². The molecule has 0 amide bonds. The summed E-state index contributed by atoms with van der Waals surface area (Å²) in [6.45, 7) is 1.80. The molecule has 174 valence electrons. The van der Waals surface area contributed by atoms with Crippen molar-refractivity contribution in [2.45, 2.75) is 6.92 Å². The lowest BCUT2D eigenvalue weighted by Gasteiger charge is -2.09. The molecule has 3 aromatic carbocycles. The number of benzene rings is 3. The summed E-state index contributed by atoms with van der Waals surface area (Å²) in [6, 6.07) is 15.1. The standard InChI is InChI=1S/C26H14Cl2O7/c1-13-8-24(29)35-22-11-15(3-6-17(13)22)33-23-12-32-21-10-16(4-7-19(21)25(23)30)34-26(31)18-5-2-14(27)9-20(18)28/h2-12H,1H3. The van der Waals surface area contributed by atoms with Crippen molar-refractivity contribution in [1.82, 2.24) is 0 Å². The van der Waals surface area contributed by atoms with E-state index >= 15 is 0 Å². The van der Waals surface area contributed by atoms with Crippen molar-refractivity contribution in [3.05, 3.63) is 109 Å². The lowest BCUT2D eigenvalue weighted by atomic mass is 10.1. The number of esters is 1. The normalized spacial score (nSPS) is 11.1. The first-order chi connectivity index (χ1) is 16.8. The molecule has 0 unspecified atom stereocenters. The third kappa shape index (κ3) is 4.51. The number of halogens is 2. The summed E-state index contributed by atoms with van der Waals surface area (Å²) in [4.78, 5) is 37.1. The summed E-state index contributed by atoms with van der Waals surface area (Å²) in [5.41, 5.74) is 0.522. The summed E-state index contributed by atoms with van der Waals surface area (Å²) >= 11 is 11.9. The van der Waals surface area contributed by atoms with Crippen LogP contribution in [0.2, 0.25) is 10.0 Å². The summed E-state index contributed by atoms with van der Waals surface area (Å²) in [6.07, 6.45) is 1.16. The zero-order valence-corrected chi connectivity index (χ0v) is 19.5. The molecule has 2 heterocycles. The van der Waals surface area contributed by atoms with Gasteiger partial charge < -0.3 is 18.3 Å². The predicted molar refractivity (Wildman–Crippen MR) is 131 cm³/mol. The molecule has 0 aliphatic carbocycles. The second-order valence-corrected chi connectivity index (χ2v) is 8.45. The Labute approximate surface area is 207 Å². The van der Waals surface area contributed by atoms with E-state index in [-0.39, 0.29) is 33.1 Å². The van der Waals surface area contributed by atoms with Crippen LogP contribution in [0.3, 0.4) is 0 Å². The van der Waals surface area contributed by atoms with Crippen LogP contribution in [0, 0.1) is 6.92 Å². The number of hydrogen-bond donors (Lipinski definition) is 0. The Morgan fingerprint density at radius 3 is 2.40 bits per heavy atom. The minimum absolute atomic E-state index is 0.0652. The predicted octanol–water partition coefficient (Wildman–Crippen LogP) is 6.53. The van der Waals surface area contributed by atoms with Gasteiger partial charge in [-0.3, -0.25) is 4.79 Å². The van der Waals surface area contributed by atoms with Gasteiger partial charge in [0.25, 0.3) is 0 Å². The van der Waals surface area contributed by atoms with Crippen LogP contribution >= 0.6 is 23.2 Å². The molecule has 0 fully saturated rings. The SMILES string of the molecule is Cc1cc(=O)oc2cc(Oc3coc4cc(OC(=O)c5ccc(Cl)cc5Cl)ccc4c3=O)ccc12. The average Bonchev–Trinajstić information content (AvgIpc) is 2.80. The maximum Gasteiger partial charge on any atom is 0.345 e. The van der Waals surface area contributed by atoms with E-state index in [1.807, 2.05) is 0 Å². The lowest BCUT2D eigenvalue weighted by Crippen LogP contribution is -2.10. The van der Waals surface area contributed by atoms with Crippen LogP contribution in [0.1, 0.15) is 15.9 Å². The third-order valence-corrected chi connectivity index (χ3v) is 5.77. The van der Waals surface area contributed by atoms with Crippen molar-refractivity contribution in [1.29, 1.82) is 0 Å². The number of carbonyl (C=O) groups is 1. The highest BCUT2D eigenvalue weighted by Crippen LogP contribution is 2.28. The third-order valence-electron chi connectivity index (χ3n) is 5.23. The zero-order chi connectivity index (χ0) is 24.7. The van der Waals surface area contributed by atoms with Crippen molar-refractivity contribution >= 4 is 51.1 Å². The van der Waals surface area contributed by atoms with Crippen molar-refractivity contribution in [3.8, 4) is 17.2 Å². The van der Waals surface area contributed by atoms with Gasteiger partial charge in [-0.05, 0) is 55.0 Å². The quantitative estimate of drug-likeness (QED) is 0.155. The molecule has 5 rings (SSSR count). The van der Waals surface area contributed by atoms with E-state index in [1.54, 1.807) is 19.1 Å². The van der Waals surface area contributed by atoms with E-state index in [4.69, 9.17) is 41.5 Å². The Morgan fingerprint density at radius 1 is 0.857 bits per heavy atom. The van der Waals surface area contributed by atoms with Gasteiger partial charge in [0, 0.05) is 28.6 Å². The molecule has 9 heteroatoms. The first-order valence-electron chi connectivity index (χ1n) is 10.2. The molecule has 0 aliphatic rings. The van der Waals surface area contributed by atoms with E-state index < -0.39 is 17.0 Å². The summed E-state index contributed by atoms with van der Waals surface area (Å²) in [5.74, 6) is -0.301. The van der Waals surface area contributed by atoms with Crippen LogP contribution in [0.15, 0.2) is 85.4 Å². The molecule has 0 saturated heterocycles. The molecule has 7 nitrogen and oxygen atoms in total. The smallest absolute Gasteiger partial charge is 0.345 e. The van der Waals surface area contributed by atoms with Crippen molar-refractivity contribution in [3.63, 3.8) is 0 Å². The second kappa shape index (κ2) is 8.94. The minimum Gasteiger partial charge on any atom is -0.460 e. The molecule has 0 radical (unpaired) electrons. The number of rotatable bonds is 4. The van der Waals surface area contributed by atoms with E-state index in [0.717, 1.165) is 17.2 Å². The van der Waals surface area contributed by atoms with Gasteiger partial charge in [-0.2, -0.15) is 0 Å². The zero-order valence-electron chi connectivity index (χ0n) is 18.0. The Morgan fingerprint density at radius 2 is 1.60 bits per heavy atom. The molecular weight excluding hydrogens is 495 g/mol. The van der Waals surface area contributed by atoms with Gasteiger partial charge in [0.1, 0.15) is 28.9 Å². The van der Waals surface area contributed by atoms with Crippen LogP contribution < -0.4 is 20.5 Å². The molecule has 0 aliphatic heterocycles. The van der Waals surface area contributed by atoms with E-state index in [9.17, 15) is 14.4 Å². The topological polar surface area (TPSA) is 95.9 Å². The number of fused-ring (bicyclic) bond motifs is 2.